The van der Waals surface area contributed by atoms with E-state index in [-0.39, 0.29) is 17.6 Å². The second-order valence-electron chi connectivity index (χ2n) is 7.02. The van der Waals surface area contributed by atoms with Gasteiger partial charge in [-0.05, 0) is 30.5 Å². The molecule has 0 bridgehead atoms. The van der Waals surface area contributed by atoms with E-state index in [9.17, 15) is 18.0 Å². The van der Waals surface area contributed by atoms with Crippen molar-refractivity contribution in [3.05, 3.63) is 59.9 Å². The molecule has 2 aromatic heterocycles. The molecule has 0 aliphatic heterocycles. The lowest BCUT2D eigenvalue weighted by molar-refractivity contribution is -0.159. The van der Waals surface area contributed by atoms with Crippen LogP contribution in [0.1, 0.15) is 36.5 Å². The molecule has 1 aliphatic rings. The smallest absolute Gasteiger partial charge is 0.467 e. The van der Waals surface area contributed by atoms with Crippen LogP contribution in [0.3, 0.4) is 0 Å². The SMILES string of the molecule is O=C(C1CCC1)N(Cc1ccc(-c2noc(C(F)(F)F)n2)cc1)Cc1ccco1. The Balaban J connectivity index is 1.49. The molecule has 9 heteroatoms. The minimum atomic E-state index is -4.68. The van der Waals surface area contributed by atoms with Crippen LogP contribution in [0, 0.1) is 5.92 Å². The fraction of sp³-hybridized carbons (Fsp3) is 0.350. The number of rotatable bonds is 6. The van der Waals surface area contributed by atoms with E-state index in [0.29, 0.717) is 24.4 Å². The molecule has 0 atom stereocenters. The normalized spacial score (nSPS) is 14.6. The first-order valence-corrected chi connectivity index (χ1v) is 9.21. The highest BCUT2D eigenvalue weighted by atomic mass is 19.4. The summed E-state index contributed by atoms with van der Waals surface area (Å²) in [6.45, 7) is 0.736. The summed E-state index contributed by atoms with van der Waals surface area (Å²) in [7, 11) is 0. The Morgan fingerprint density at radius 1 is 1.14 bits per heavy atom. The Morgan fingerprint density at radius 3 is 2.45 bits per heavy atom. The zero-order chi connectivity index (χ0) is 20.4. The van der Waals surface area contributed by atoms with Crippen molar-refractivity contribution in [2.24, 2.45) is 5.92 Å². The maximum absolute atomic E-state index is 12.8. The van der Waals surface area contributed by atoms with E-state index in [2.05, 4.69) is 14.7 Å². The first-order chi connectivity index (χ1) is 13.9. The number of furan rings is 1. The fourth-order valence-corrected chi connectivity index (χ4v) is 3.15. The van der Waals surface area contributed by atoms with Crippen molar-refractivity contribution in [1.29, 1.82) is 0 Å². The topological polar surface area (TPSA) is 72.4 Å². The van der Waals surface area contributed by atoms with Gasteiger partial charge < -0.3 is 13.8 Å². The number of benzene rings is 1. The van der Waals surface area contributed by atoms with Crippen LogP contribution >= 0.6 is 0 Å². The molecule has 1 fully saturated rings. The van der Waals surface area contributed by atoms with Crippen LogP contribution in [0.25, 0.3) is 11.4 Å². The van der Waals surface area contributed by atoms with Crippen LogP contribution in [-0.2, 0) is 24.1 Å². The molecule has 1 saturated carbocycles. The summed E-state index contributed by atoms with van der Waals surface area (Å²) in [6, 6.07) is 10.3. The average Bonchev–Trinajstić information content (AvgIpc) is 3.32. The maximum Gasteiger partial charge on any atom is 0.471 e. The third kappa shape index (κ3) is 4.33. The van der Waals surface area contributed by atoms with Crippen LogP contribution in [-0.4, -0.2) is 20.9 Å². The largest absolute Gasteiger partial charge is 0.471 e. The summed E-state index contributed by atoms with van der Waals surface area (Å²) in [5.74, 6) is -0.691. The predicted octanol–water partition coefficient (Wildman–Crippen LogP) is 4.68. The maximum atomic E-state index is 12.8. The second kappa shape index (κ2) is 7.73. The van der Waals surface area contributed by atoms with Crippen LogP contribution in [0.15, 0.2) is 51.6 Å². The van der Waals surface area contributed by atoms with E-state index < -0.39 is 12.1 Å². The van der Waals surface area contributed by atoms with E-state index in [1.54, 1.807) is 41.5 Å². The number of carbonyl (C=O) groups is 1. The monoisotopic (exact) mass is 405 g/mol. The highest BCUT2D eigenvalue weighted by molar-refractivity contribution is 5.79. The molecular weight excluding hydrogens is 387 g/mol. The Morgan fingerprint density at radius 2 is 1.90 bits per heavy atom. The van der Waals surface area contributed by atoms with Crippen molar-refractivity contribution in [2.75, 3.05) is 0 Å². The number of amides is 1. The van der Waals surface area contributed by atoms with Crippen molar-refractivity contribution in [2.45, 2.75) is 38.5 Å². The lowest BCUT2D eigenvalue weighted by Crippen LogP contribution is -2.38. The lowest BCUT2D eigenvalue weighted by atomic mass is 9.84. The predicted molar refractivity (Wildman–Crippen MR) is 95.0 cm³/mol. The molecule has 0 saturated heterocycles. The molecule has 0 radical (unpaired) electrons. The zero-order valence-corrected chi connectivity index (χ0v) is 15.4. The molecule has 29 heavy (non-hydrogen) atoms. The number of hydrogen-bond donors (Lipinski definition) is 0. The summed E-state index contributed by atoms with van der Waals surface area (Å²) in [5.41, 5.74) is 1.24. The van der Waals surface area contributed by atoms with Gasteiger partial charge in [-0.2, -0.15) is 18.2 Å². The molecular formula is C20H18F3N3O3. The van der Waals surface area contributed by atoms with Gasteiger partial charge in [-0.1, -0.05) is 35.8 Å². The van der Waals surface area contributed by atoms with Gasteiger partial charge in [0.15, 0.2) is 0 Å². The summed E-state index contributed by atoms with van der Waals surface area (Å²) < 4.78 is 47.5. The molecule has 3 aromatic rings. The van der Waals surface area contributed by atoms with Crippen molar-refractivity contribution < 1.29 is 26.9 Å². The Kier molecular flexibility index (Phi) is 5.12. The van der Waals surface area contributed by atoms with Gasteiger partial charge in [0.25, 0.3) is 0 Å². The number of hydrogen-bond acceptors (Lipinski definition) is 5. The molecule has 6 nitrogen and oxygen atoms in total. The third-order valence-corrected chi connectivity index (χ3v) is 4.95. The highest BCUT2D eigenvalue weighted by Gasteiger charge is 2.38. The Bertz CT molecular complexity index is 961. The van der Waals surface area contributed by atoms with Crippen molar-refractivity contribution in [3.8, 4) is 11.4 Å². The number of alkyl halides is 3. The zero-order valence-electron chi connectivity index (χ0n) is 15.4. The van der Waals surface area contributed by atoms with Gasteiger partial charge in [-0.15, -0.1) is 0 Å². The summed E-state index contributed by atoms with van der Waals surface area (Å²) in [6.07, 6.45) is -0.266. The van der Waals surface area contributed by atoms with E-state index in [0.717, 1.165) is 24.8 Å². The van der Waals surface area contributed by atoms with E-state index in [1.807, 2.05) is 6.07 Å². The van der Waals surface area contributed by atoms with E-state index >= 15 is 0 Å². The van der Waals surface area contributed by atoms with Crippen molar-refractivity contribution in [3.63, 3.8) is 0 Å². The summed E-state index contributed by atoms with van der Waals surface area (Å²) in [4.78, 5) is 17.9. The van der Waals surface area contributed by atoms with E-state index in [4.69, 9.17) is 4.42 Å². The molecule has 1 aromatic carbocycles. The average molecular weight is 405 g/mol. The minimum Gasteiger partial charge on any atom is -0.467 e. The van der Waals surface area contributed by atoms with Crippen LogP contribution in [0.2, 0.25) is 0 Å². The first kappa shape index (κ1) is 19.2. The highest BCUT2D eigenvalue weighted by Crippen LogP contribution is 2.31. The van der Waals surface area contributed by atoms with Crippen LogP contribution in [0.5, 0.6) is 0 Å². The summed E-state index contributed by atoms with van der Waals surface area (Å²) >= 11 is 0. The number of carbonyl (C=O) groups excluding carboxylic acids is 1. The molecule has 4 rings (SSSR count). The van der Waals surface area contributed by atoms with Gasteiger partial charge in [-0.3, -0.25) is 4.79 Å². The molecule has 0 spiro atoms. The van der Waals surface area contributed by atoms with Gasteiger partial charge in [0.2, 0.25) is 11.7 Å². The molecule has 0 N–H and O–H groups in total. The Labute approximate surface area is 164 Å². The first-order valence-electron chi connectivity index (χ1n) is 9.21. The molecule has 1 amide bonds. The molecule has 152 valence electrons. The van der Waals surface area contributed by atoms with Crippen LogP contribution < -0.4 is 0 Å². The number of nitrogens with zero attached hydrogens (tertiary/aromatic N) is 3. The van der Waals surface area contributed by atoms with Crippen molar-refractivity contribution in [1.82, 2.24) is 15.0 Å². The quantitative estimate of drug-likeness (QED) is 0.596. The van der Waals surface area contributed by atoms with Crippen LogP contribution in [0.4, 0.5) is 13.2 Å². The Hall–Kier alpha value is -3.10. The van der Waals surface area contributed by atoms with Gasteiger partial charge >= 0.3 is 12.1 Å². The van der Waals surface area contributed by atoms with Gasteiger partial charge in [0.1, 0.15) is 5.76 Å². The van der Waals surface area contributed by atoms with Gasteiger partial charge in [0, 0.05) is 18.0 Å². The second-order valence-corrected chi connectivity index (χ2v) is 7.02. The van der Waals surface area contributed by atoms with Gasteiger partial charge in [-0.25, -0.2) is 0 Å². The number of halogens is 3. The summed E-state index contributed by atoms with van der Waals surface area (Å²) in [5, 5.41) is 3.38. The van der Waals surface area contributed by atoms with E-state index in [1.165, 1.54) is 0 Å². The number of aromatic nitrogens is 2. The van der Waals surface area contributed by atoms with Gasteiger partial charge in [0.05, 0.1) is 12.8 Å². The molecule has 0 unspecified atom stereocenters. The third-order valence-electron chi connectivity index (χ3n) is 4.95. The molecule has 2 heterocycles. The lowest BCUT2D eigenvalue weighted by Gasteiger charge is -2.31. The standard InChI is InChI=1S/C20H18F3N3O3/c21-20(22,23)19-24-17(25-29-19)14-8-6-13(7-9-14)11-26(12-16-5-2-10-28-16)18(27)15-3-1-4-15/h2,5-10,15H,1,3-4,11-12H2. The van der Waals surface area contributed by atoms with Crippen molar-refractivity contribution >= 4 is 5.91 Å². The fourth-order valence-electron chi connectivity index (χ4n) is 3.15. The molecule has 1 aliphatic carbocycles. The minimum absolute atomic E-state index is 0.0457.